The van der Waals surface area contributed by atoms with E-state index in [2.05, 4.69) is 185 Å². The Morgan fingerprint density at radius 3 is 1.13 bits per heavy atom. The molecule has 6 rings (SSSR count). The molecular formula is C42H54BN3. The Morgan fingerprint density at radius 1 is 0.435 bits per heavy atom. The molecule has 0 saturated carbocycles. The zero-order valence-electron chi connectivity index (χ0n) is 30.8. The summed E-state index contributed by atoms with van der Waals surface area (Å²) in [6, 6.07) is 28.1. The summed E-state index contributed by atoms with van der Waals surface area (Å²) in [5, 5.41) is 0. The summed E-state index contributed by atoms with van der Waals surface area (Å²) in [6.07, 6.45) is 0. The highest BCUT2D eigenvalue weighted by Gasteiger charge is 2.46. The van der Waals surface area contributed by atoms with Crippen molar-refractivity contribution in [1.82, 2.24) is 0 Å². The van der Waals surface area contributed by atoms with E-state index < -0.39 is 0 Å². The summed E-state index contributed by atoms with van der Waals surface area (Å²) >= 11 is 0. The van der Waals surface area contributed by atoms with Crippen molar-refractivity contribution in [2.24, 2.45) is 0 Å². The number of benzene rings is 4. The predicted octanol–water partition coefficient (Wildman–Crippen LogP) is 9.98. The fourth-order valence-corrected chi connectivity index (χ4v) is 7.39. The van der Waals surface area contributed by atoms with Crippen LogP contribution in [-0.4, -0.2) is 20.9 Å². The summed E-state index contributed by atoms with van der Waals surface area (Å²) in [4.78, 5) is 7.64. The first kappa shape index (κ1) is 32.3. The van der Waals surface area contributed by atoms with Gasteiger partial charge in [-0.2, -0.15) is 0 Å². The minimum Gasteiger partial charge on any atom is -0.373 e. The second kappa shape index (κ2) is 10.4. The predicted molar refractivity (Wildman–Crippen MR) is 204 cm³/mol. The van der Waals surface area contributed by atoms with Gasteiger partial charge in [-0.15, -0.1) is 0 Å². The standard InChI is InChI=1S/C42H54BN3/c1-39(2,3)27-23-29(41(7,8)9)37-35(25-27)45(14)36-26-28(40(4,5)6)24-30(42(10,11)12)38(36)46(37)43-31-19-15-17-21-33(31)44(13)34-22-18-16-20-32(34)43/h15-26H,1-14H3. The molecule has 2 aliphatic rings. The Bertz CT molecular complexity index is 1690. The van der Waals surface area contributed by atoms with Crippen molar-refractivity contribution in [2.45, 2.75) is 105 Å². The number of anilines is 6. The van der Waals surface area contributed by atoms with E-state index in [1.165, 1.54) is 67.3 Å². The average Bonchev–Trinajstić information content (AvgIpc) is 2.95. The van der Waals surface area contributed by atoms with Gasteiger partial charge in [0, 0.05) is 25.5 Å². The third kappa shape index (κ3) is 5.13. The number of fused-ring (bicyclic) bond motifs is 4. The molecule has 0 aromatic heterocycles. The van der Waals surface area contributed by atoms with Crippen LogP contribution >= 0.6 is 0 Å². The summed E-state index contributed by atoms with van der Waals surface area (Å²) < 4.78 is 0. The molecule has 4 aromatic rings. The van der Waals surface area contributed by atoms with E-state index in [9.17, 15) is 0 Å². The van der Waals surface area contributed by atoms with Crippen molar-refractivity contribution >= 4 is 51.9 Å². The van der Waals surface area contributed by atoms with E-state index in [1.54, 1.807) is 0 Å². The quantitative estimate of drug-likeness (QED) is 0.198. The van der Waals surface area contributed by atoms with Gasteiger partial charge in [-0.1, -0.05) is 132 Å². The van der Waals surface area contributed by atoms with Crippen LogP contribution in [0.2, 0.25) is 0 Å². The van der Waals surface area contributed by atoms with Gasteiger partial charge in [0.25, 0.3) is 0 Å². The molecule has 4 heteroatoms. The monoisotopic (exact) mass is 611 g/mol. The van der Waals surface area contributed by atoms with Gasteiger partial charge in [0.2, 0.25) is 0 Å². The van der Waals surface area contributed by atoms with Gasteiger partial charge in [0.05, 0.1) is 22.7 Å². The molecule has 3 nitrogen and oxygen atoms in total. The van der Waals surface area contributed by atoms with Crippen LogP contribution < -0.4 is 25.5 Å². The van der Waals surface area contributed by atoms with E-state index in [4.69, 9.17) is 0 Å². The summed E-state index contributed by atoms with van der Waals surface area (Å²) in [7, 11) is 4.51. The van der Waals surface area contributed by atoms with Gasteiger partial charge >= 0.3 is 6.85 Å². The first-order valence-corrected chi connectivity index (χ1v) is 17.0. The van der Waals surface area contributed by atoms with Crippen molar-refractivity contribution in [3.63, 3.8) is 0 Å². The fraction of sp³-hybridized carbons (Fsp3) is 0.429. The highest BCUT2D eigenvalue weighted by atomic mass is 15.2. The second-order valence-electron chi connectivity index (χ2n) is 17.8. The molecule has 0 fully saturated rings. The highest BCUT2D eigenvalue weighted by molar-refractivity contribution is 6.92. The lowest BCUT2D eigenvalue weighted by atomic mass is 9.45. The van der Waals surface area contributed by atoms with Crippen LogP contribution in [0.5, 0.6) is 0 Å². The molecule has 46 heavy (non-hydrogen) atoms. The Morgan fingerprint density at radius 2 is 0.783 bits per heavy atom. The van der Waals surface area contributed by atoms with E-state index in [0.29, 0.717) is 0 Å². The number of para-hydroxylation sites is 2. The Kier molecular flexibility index (Phi) is 7.32. The molecule has 0 spiro atoms. The molecule has 0 amide bonds. The highest BCUT2D eigenvalue weighted by Crippen LogP contribution is 2.56. The van der Waals surface area contributed by atoms with Crippen LogP contribution in [0.1, 0.15) is 105 Å². The normalized spacial score (nSPS) is 15.0. The Hall–Kier alpha value is -3.66. The summed E-state index contributed by atoms with van der Waals surface area (Å²) in [6.45, 7) is 28.3. The van der Waals surface area contributed by atoms with Gasteiger partial charge in [0.1, 0.15) is 0 Å². The maximum atomic E-state index is 2.76. The molecule has 0 aliphatic carbocycles. The van der Waals surface area contributed by atoms with Gasteiger partial charge in [-0.25, -0.2) is 0 Å². The van der Waals surface area contributed by atoms with Crippen molar-refractivity contribution in [1.29, 1.82) is 0 Å². The van der Waals surface area contributed by atoms with Crippen LogP contribution in [0.3, 0.4) is 0 Å². The molecule has 0 radical (unpaired) electrons. The van der Waals surface area contributed by atoms with Crippen LogP contribution in [-0.2, 0) is 21.7 Å². The lowest BCUT2D eigenvalue weighted by Crippen LogP contribution is -2.61. The van der Waals surface area contributed by atoms with Gasteiger partial charge in [0.15, 0.2) is 0 Å². The van der Waals surface area contributed by atoms with E-state index >= 15 is 0 Å². The maximum absolute atomic E-state index is 2.76. The Labute approximate surface area is 279 Å². The van der Waals surface area contributed by atoms with Crippen molar-refractivity contribution in [3.05, 3.63) is 95.1 Å². The van der Waals surface area contributed by atoms with Crippen molar-refractivity contribution < 1.29 is 0 Å². The first-order chi connectivity index (χ1) is 21.2. The molecule has 2 aliphatic heterocycles. The van der Waals surface area contributed by atoms with E-state index in [-0.39, 0.29) is 28.5 Å². The lowest BCUT2D eigenvalue weighted by Gasteiger charge is -2.49. The van der Waals surface area contributed by atoms with Gasteiger partial charge in [-0.05, 0) is 79.1 Å². The Balaban J connectivity index is 1.84. The molecule has 240 valence electrons. The van der Waals surface area contributed by atoms with Crippen LogP contribution in [0.25, 0.3) is 0 Å². The zero-order valence-corrected chi connectivity index (χ0v) is 30.8. The van der Waals surface area contributed by atoms with Crippen molar-refractivity contribution in [3.8, 4) is 0 Å². The number of hydrogen-bond acceptors (Lipinski definition) is 3. The van der Waals surface area contributed by atoms with Crippen LogP contribution in [0.15, 0.2) is 72.8 Å². The molecular weight excluding hydrogens is 557 g/mol. The average molecular weight is 612 g/mol. The molecule has 0 bridgehead atoms. The maximum Gasteiger partial charge on any atom is 0.332 e. The summed E-state index contributed by atoms with van der Waals surface area (Å²) in [5.41, 5.74) is 15.8. The molecule has 0 saturated heterocycles. The zero-order chi connectivity index (χ0) is 33.7. The molecule has 0 unspecified atom stereocenters. The molecule has 0 N–H and O–H groups in total. The largest absolute Gasteiger partial charge is 0.373 e. The van der Waals surface area contributed by atoms with Crippen LogP contribution in [0.4, 0.5) is 34.1 Å². The van der Waals surface area contributed by atoms with E-state index in [1.807, 2.05) is 0 Å². The number of hydrogen-bond donors (Lipinski definition) is 0. The molecule has 4 aromatic carbocycles. The molecule has 0 atom stereocenters. The molecule has 2 heterocycles. The summed E-state index contributed by atoms with van der Waals surface area (Å²) in [5.74, 6) is 0. The smallest absolute Gasteiger partial charge is 0.332 e. The number of rotatable bonds is 1. The third-order valence-corrected chi connectivity index (χ3v) is 10.2. The SMILES string of the molecule is CN1c2ccccc2B(N2c3c(cc(C(C)(C)C)cc3C(C)(C)C)N(C)c3cc(C(C)(C)C)cc(C(C)(C)C)c32)c2ccccc21. The van der Waals surface area contributed by atoms with E-state index in [0.717, 1.165) is 0 Å². The minimum atomic E-state index is -0.0837. The van der Waals surface area contributed by atoms with Crippen LogP contribution in [0, 0.1) is 0 Å². The lowest BCUT2D eigenvalue weighted by molar-refractivity contribution is 0.566. The first-order valence-electron chi connectivity index (χ1n) is 17.0. The fourth-order valence-electron chi connectivity index (χ4n) is 7.39. The second-order valence-corrected chi connectivity index (χ2v) is 17.8. The third-order valence-electron chi connectivity index (χ3n) is 10.2. The van der Waals surface area contributed by atoms with Gasteiger partial charge in [-0.3, -0.25) is 0 Å². The van der Waals surface area contributed by atoms with Gasteiger partial charge < -0.3 is 14.6 Å². The van der Waals surface area contributed by atoms with Crippen molar-refractivity contribution in [2.75, 3.05) is 28.7 Å². The minimum absolute atomic E-state index is 0.00188. The topological polar surface area (TPSA) is 9.72 Å². The number of nitrogens with zero attached hydrogens (tertiary/aromatic N) is 3.